The van der Waals surface area contributed by atoms with Crippen LogP contribution in [0.1, 0.15) is 34.0 Å². The zero-order valence-electron chi connectivity index (χ0n) is 12.2. The van der Waals surface area contributed by atoms with E-state index in [1.165, 1.54) is 24.3 Å². The molecule has 0 saturated heterocycles. The molecule has 3 rings (SSSR count). The predicted octanol–water partition coefficient (Wildman–Crippen LogP) is 3.61. The van der Waals surface area contributed by atoms with Crippen LogP contribution >= 0.6 is 0 Å². The van der Waals surface area contributed by atoms with E-state index >= 15 is 0 Å². The van der Waals surface area contributed by atoms with Crippen molar-refractivity contribution in [1.82, 2.24) is 0 Å². The fourth-order valence-electron chi connectivity index (χ4n) is 2.63. The molecule has 2 aromatic carbocycles. The lowest BCUT2D eigenvalue weighted by molar-refractivity contribution is 0.0697. The van der Waals surface area contributed by atoms with Crippen LogP contribution in [0.25, 0.3) is 5.57 Å². The van der Waals surface area contributed by atoms with E-state index < -0.39 is 11.8 Å². The molecule has 1 atom stereocenters. The van der Waals surface area contributed by atoms with Crippen LogP contribution in [0, 0.1) is 17.1 Å². The second kappa shape index (κ2) is 5.58. The van der Waals surface area contributed by atoms with Gasteiger partial charge in [-0.1, -0.05) is 12.1 Å². The minimum Gasteiger partial charge on any atom is -0.486 e. The third kappa shape index (κ3) is 2.55. The highest BCUT2D eigenvalue weighted by atomic mass is 19.1. The molecule has 0 spiro atoms. The summed E-state index contributed by atoms with van der Waals surface area (Å²) in [5, 5.41) is 18.4. The molecule has 1 aliphatic heterocycles. The molecule has 0 saturated carbocycles. The second-order valence-corrected chi connectivity index (χ2v) is 5.19. The van der Waals surface area contributed by atoms with Gasteiger partial charge >= 0.3 is 5.97 Å². The van der Waals surface area contributed by atoms with E-state index in [0.717, 1.165) is 0 Å². The Kier molecular flexibility index (Phi) is 3.59. The SMILES string of the molecule is CC1C=C(c2cccc(F)c2C#N)c2cc(C(=O)O)ccc2O1. The van der Waals surface area contributed by atoms with Crippen LogP contribution in [0.5, 0.6) is 5.75 Å². The maximum absolute atomic E-state index is 13.9. The van der Waals surface area contributed by atoms with Gasteiger partial charge in [0.1, 0.15) is 23.7 Å². The molecule has 114 valence electrons. The quantitative estimate of drug-likeness (QED) is 0.920. The van der Waals surface area contributed by atoms with E-state index in [9.17, 15) is 14.4 Å². The predicted molar refractivity (Wildman–Crippen MR) is 81.7 cm³/mol. The number of hydrogen-bond acceptors (Lipinski definition) is 3. The number of rotatable bonds is 2. The monoisotopic (exact) mass is 309 g/mol. The summed E-state index contributed by atoms with van der Waals surface area (Å²) in [5.74, 6) is -1.17. The highest BCUT2D eigenvalue weighted by Crippen LogP contribution is 2.38. The average Bonchev–Trinajstić information content (AvgIpc) is 2.53. The number of carboxylic acid groups (broad SMARTS) is 1. The molecule has 1 unspecified atom stereocenters. The van der Waals surface area contributed by atoms with Crippen LogP contribution in [0.15, 0.2) is 42.5 Å². The lowest BCUT2D eigenvalue weighted by Crippen LogP contribution is -2.16. The number of fused-ring (bicyclic) bond motifs is 1. The van der Waals surface area contributed by atoms with Gasteiger partial charge in [0.25, 0.3) is 0 Å². The number of nitriles is 1. The number of hydrogen-bond donors (Lipinski definition) is 1. The highest BCUT2D eigenvalue weighted by Gasteiger charge is 2.23. The molecule has 0 aliphatic carbocycles. The summed E-state index contributed by atoms with van der Waals surface area (Å²) in [6.45, 7) is 1.82. The molecule has 23 heavy (non-hydrogen) atoms. The Hall–Kier alpha value is -3.13. The molecular formula is C18H12FNO3. The first-order chi connectivity index (χ1) is 11.0. The van der Waals surface area contributed by atoms with Gasteiger partial charge in [-0.15, -0.1) is 0 Å². The third-order valence-electron chi connectivity index (χ3n) is 3.65. The molecule has 0 aromatic heterocycles. The van der Waals surface area contributed by atoms with Crippen molar-refractivity contribution >= 4 is 11.5 Å². The maximum Gasteiger partial charge on any atom is 0.335 e. The van der Waals surface area contributed by atoms with Crippen molar-refractivity contribution in [1.29, 1.82) is 5.26 Å². The smallest absolute Gasteiger partial charge is 0.335 e. The molecular weight excluding hydrogens is 297 g/mol. The van der Waals surface area contributed by atoms with Crippen molar-refractivity contribution in [2.75, 3.05) is 0 Å². The summed E-state index contributed by atoms with van der Waals surface area (Å²) < 4.78 is 19.6. The fraction of sp³-hybridized carbons (Fsp3) is 0.111. The van der Waals surface area contributed by atoms with E-state index in [0.29, 0.717) is 22.4 Å². The Morgan fingerprint density at radius 1 is 1.30 bits per heavy atom. The first-order valence-electron chi connectivity index (χ1n) is 6.96. The third-order valence-corrected chi connectivity index (χ3v) is 3.65. The molecule has 1 heterocycles. The molecule has 0 radical (unpaired) electrons. The minimum absolute atomic E-state index is 0.0699. The molecule has 0 amide bonds. The first-order valence-corrected chi connectivity index (χ1v) is 6.96. The second-order valence-electron chi connectivity index (χ2n) is 5.19. The van der Waals surface area contributed by atoms with Crippen LogP contribution in [0.3, 0.4) is 0 Å². The number of benzene rings is 2. The van der Waals surface area contributed by atoms with E-state index in [1.54, 1.807) is 18.2 Å². The maximum atomic E-state index is 13.9. The summed E-state index contributed by atoms with van der Waals surface area (Å²) in [4.78, 5) is 11.2. The van der Waals surface area contributed by atoms with Crippen LogP contribution in [-0.4, -0.2) is 17.2 Å². The molecule has 5 heteroatoms. The summed E-state index contributed by atoms with van der Waals surface area (Å²) in [5.41, 5.74) is 1.58. The molecule has 4 nitrogen and oxygen atoms in total. The summed E-state index contributed by atoms with van der Waals surface area (Å²) in [6, 6.07) is 10.8. The van der Waals surface area contributed by atoms with Gasteiger partial charge < -0.3 is 9.84 Å². The lowest BCUT2D eigenvalue weighted by Gasteiger charge is -2.24. The lowest BCUT2D eigenvalue weighted by atomic mass is 9.90. The standard InChI is InChI=1S/C18H12FNO3/c1-10-7-13(12-3-2-4-16(19)15(12)9-20)14-8-11(18(21)22)5-6-17(14)23-10/h2-8,10H,1H3,(H,21,22). The molecule has 0 fully saturated rings. The largest absolute Gasteiger partial charge is 0.486 e. The van der Waals surface area contributed by atoms with Crippen LogP contribution in [0.4, 0.5) is 4.39 Å². The van der Waals surface area contributed by atoms with Crippen molar-refractivity contribution < 1.29 is 19.0 Å². The van der Waals surface area contributed by atoms with E-state index in [1.807, 2.05) is 13.0 Å². The van der Waals surface area contributed by atoms with Crippen molar-refractivity contribution in [3.8, 4) is 11.8 Å². The summed E-state index contributed by atoms with van der Waals surface area (Å²) in [6.07, 6.45) is 1.48. The number of carboxylic acids is 1. The average molecular weight is 309 g/mol. The zero-order chi connectivity index (χ0) is 16.6. The van der Waals surface area contributed by atoms with Crippen molar-refractivity contribution in [2.45, 2.75) is 13.0 Å². The zero-order valence-corrected chi connectivity index (χ0v) is 12.2. The van der Waals surface area contributed by atoms with Gasteiger partial charge in [-0.2, -0.15) is 5.26 Å². The van der Waals surface area contributed by atoms with Gasteiger partial charge in [-0.25, -0.2) is 9.18 Å². The van der Waals surface area contributed by atoms with Gasteiger partial charge in [0.05, 0.1) is 11.1 Å². The number of ether oxygens (including phenoxy) is 1. The Balaban J connectivity index is 2.25. The molecule has 1 aliphatic rings. The number of halogens is 1. The Labute approximate surface area is 132 Å². The van der Waals surface area contributed by atoms with Gasteiger partial charge in [0.2, 0.25) is 0 Å². The minimum atomic E-state index is -1.06. The van der Waals surface area contributed by atoms with E-state index in [4.69, 9.17) is 9.84 Å². The van der Waals surface area contributed by atoms with Gasteiger partial charge in [0, 0.05) is 11.1 Å². The van der Waals surface area contributed by atoms with Crippen molar-refractivity contribution in [3.63, 3.8) is 0 Å². The van der Waals surface area contributed by atoms with Crippen molar-refractivity contribution in [2.24, 2.45) is 0 Å². The molecule has 0 bridgehead atoms. The normalized spacial score (nSPS) is 15.9. The highest BCUT2D eigenvalue weighted by molar-refractivity contribution is 5.93. The van der Waals surface area contributed by atoms with Crippen LogP contribution in [-0.2, 0) is 0 Å². The van der Waals surface area contributed by atoms with Gasteiger partial charge in [0.15, 0.2) is 0 Å². The van der Waals surface area contributed by atoms with Gasteiger partial charge in [-0.3, -0.25) is 0 Å². The molecule has 2 aromatic rings. The number of aromatic carboxylic acids is 1. The topological polar surface area (TPSA) is 70.3 Å². The fourth-order valence-corrected chi connectivity index (χ4v) is 2.63. The Bertz CT molecular complexity index is 880. The van der Waals surface area contributed by atoms with Crippen molar-refractivity contribution in [3.05, 3.63) is 70.5 Å². The number of nitrogens with zero attached hydrogens (tertiary/aromatic N) is 1. The first kappa shape index (κ1) is 14.8. The number of carbonyl (C=O) groups is 1. The molecule has 1 N–H and O–H groups in total. The Morgan fingerprint density at radius 3 is 2.78 bits per heavy atom. The van der Waals surface area contributed by atoms with E-state index in [-0.39, 0.29) is 17.2 Å². The van der Waals surface area contributed by atoms with Crippen LogP contribution < -0.4 is 4.74 Å². The van der Waals surface area contributed by atoms with Gasteiger partial charge in [-0.05, 0) is 42.8 Å². The van der Waals surface area contributed by atoms with E-state index in [2.05, 4.69) is 0 Å². The summed E-state index contributed by atoms with van der Waals surface area (Å²) >= 11 is 0. The van der Waals surface area contributed by atoms with Crippen LogP contribution in [0.2, 0.25) is 0 Å². The Morgan fingerprint density at radius 2 is 2.09 bits per heavy atom. The summed E-state index contributed by atoms with van der Waals surface area (Å²) in [7, 11) is 0.